The summed E-state index contributed by atoms with van der Waals surface area (Å²) in [5, 5.41) is 27.4. The molecule has 0 aromatic heterocycles. The molecule has 1 unspecified atom stereocenters. The second kappa shape index (κ2) is 98.2. The van der Waals surface area contributed by atoms with Crippen LogP contribution in [-0.2, 0) is 88.5 Å². The van der Waals surface area contributed by atoms with Gasteiger partial charge in [-0.1, -0.05) is 0 Å². The van der Waals surface area contributed by atoms with E-state index in [-0.39, 0.29) is 0 Å². The van der Waals surface area contributed by atoms with Gasteiger partial charge in [-0.05, 0) is 214 Å². The molecular weight excluding hydrogens is 1560 g/mol. The van der Waals surface area contributed by atoms with Crippen LogP contribution in [0.3, 0.4) is 0 Å². The maximum absolute atomic E-state index is 7.00. The lowest BCUT2D eigenvalue weighted by molar-refractivity contribution is 0.0709. The third-order valence-corrected chi connectivity index (χ3v) is 41.0. The quantitative estimate of drug-likeness (QED) is 0.0285. The van der Waals surface area contributed by atoms with Crippen LogP contribution in [0, 0.1) is 0 Å². The van der Waals surface area contributed by atoms with Gasteiger partial charge in [0.25, 0.3) is 0 Å². The molecule has 0 saturated carbocycles. The molecule has 0 bridgehead atoms. The van der Waals surface area contributed by atoms with Crippen molar-refractivity contribution in [1.29, 1.82) is 0 Å². The van der Waals surface area contributed by atoms with Gasteiger partial charge in [-0.15, -0.1) is 0 Å². The van der Waals surface area contributed by atoms with Gasteiger partial charge in [-0.2, -0.15) is 0 Å². The Bertz CT molecular complexity index is 1490. The monoisotopic (exact) mass is 1740 g/mol. The van der Waals surface area contributed by atoms with Gasteiger partial charge in [0.05, 0.1) is 0 Å². The van der Waals surface area contributed by atoms with E-state index in [2.05, 4.69) is 56.5 Å². The van der Waals surface area contributed by atoms with Crippen molar-refractivity contribution < 1.29 is 104 Å². The zero-order valence-electron chi connectivity index (χ0n) is 75.0. The van der Waals surface area contributed by atoms with Crippen molar-refractivity contribution in [3.05, 3.63) is 0 Å². The van der Waals surface area contributed by atoms with Gasteiger partial charge in [0, 0.05) is 218 Å². The molecule has 43 heteroatoms. The molecule has 0 amide bonds. The summed E-state index contributed by atoms with van der Waals surface area (Å²) in [6.07, 6.45) is 8.91. The van der Waals surface area contributed by atoms with Crippen molar-refractivity contribution in [1.82, 2.24) is 10.6 Å². The van der Waals surface area contributed by atoms with Crippen LogP contribution in [0.25, 0.3) is 0 Å². The number of aliphatic hydroxyl groups excluding tert-OH is 3. The Balaban J connectivity index is -0.0000000955. The second-order valence-corrected chi connectivity index (χ2v) is 56.2. The van der Waals surface area contributed by atoms with Gasteiger partial charge in [0.15, 0.2) is 25.0 Å². The van der Waals surface area contributed by atoms with E-state index in [4.69, 9.17) is 155 Å². The van der Waals surface area contributed by atoms with E-state index >= 15 is 0 Å². The zero-order valence-corrected chi connectivity index (χ0v) is 84.0. The first kappa shape index (κ1) is 135. The van der Waals surface area contributed by atoms with Crippen molar-refractivity contribution in [2.24, 2.45) is 51.6 Å². The SMILES string of the molecule is CCO[Si](C)(CCCN)OC.CCO[Si](CCCN)(OCC)OCC.CO.CO.CO.CO[Si](C)(C)CCCN.CO[Si](C)(C)CCCN.CO[Si](C)(C)CCCN.CO[Si](CCCN)(OC)OC.CO[Si](CCCN)(OC)OC.CO[Si](CCCNCCN)(OC)OC.CO[Si](CCCNCCN)(OC)OC. The topological polar surface area (TPSA) is 504 Å². The van der Waals surface area contributed by atoms with Crippen LogP contribution in [-0.4, -0.2) is 339 Å². The lowest BCUT2D eigenvalue weighted by Crippen LogP contribution is -2.46. The van der Waals surface area contributed by atoms with Crippen molar-refractivity contribution in [2.75, 3.05) is 247 Å². The van der Waals surface area contributed by atoms with Crippen LogP contribution in [0.2, 0.25) is 100 Å². The van der Waals surface area contributed by atoms with E-state index in [9.17, 15) is 0 Å². The summed E-state index contributed by atoms with van der Waals surface area (Å²) in [5.41, 5.74) is 48.4. The molecular formula is C65H183N11O23Si9. The number of hydrogen-bond donors (Lipinski definition) is 14. The lowest BCUT2D eigenvalue weighted by atomic mass is 10.5. The first-order chi connectivity index (χ1) is 51.3. The zero-order chi connectivity index (χ0) is 86.8. The van der Waals surface area contributed by atoms with E-state index in [1.54, 1.807) is 114 Å². The summed E-state index contributed by atoms with van der Waals surface area (Å²) in [6, 6.07) is 8.58. The number of nitrogens with one attached hydrogen (secondary N) is 2. The maximum atomic E-state index is 7.00. The number of rotatable bonds is 57. The largest absolute Gasteiger partial charge is 0.500 e. The molecule has 0 aromatic rings. The first-order valence-electron chi connectivity index (χ1n) is 37.7. The molecule has 0 aromatic carbocycles. The Labute approximate surface area is 672 Å². The van der Waals surface area contributed by atoms with Crippen LogP contribution in [0.4, 0.5) is 0 Å². The van der Waals surface area contributed by atoms with Crippen LogP contribution in [0.5, 0.6) is 0 Å². The summed E-state index contributed by atoms with van der Waals surface area (Å²) in [5.74, 6) is 0. The molecule has 0 heterocycles. The third kappa shape index (κ3) is 88.9. The molecule has 0 aliphatic carbocycles. The van der Waals surface area contributed by atoms with Crippen LogP contribution in [0.1, 0.15) is 85.5 Å². The van der Waals surface area contributed by atoms with Gasteiger partial charge in [-0.25, -0.2) is 0 Å². The Hall–Kier alpha value is 0.592. The average Bonchev–Trinajstić information content (AvgIpc) is 0.874. The molecule has 0 aliphatic heterocycles. The van der Waals surface area contributed by atoms with Gasteiger partial charge in [0.1, 0.15) is 0 Å². The van der Waals surface area contributed by atoms with Crippen LogP contribution >= 0.6 is 0 Å². The van der Waals surface area contributed by atoms with E-state index in [0.29, 0.717) is 52.5 Å². The molecule has 0 saturated heterocycles. The number of aliphatic hydroxyl groups is 3. The van der Waals surface area contributed by atoms with Crippen molar-refractivity contribution in [2.45, 2.75) is 186 Å². The molecule has 0 radical (unpaired) electrons. The predicted molar refractivity (Wildman–Crippen MR) is 468 cm³/mol. The fourth-order valence-corrected chi connectivity index (χ4v) is 23.6. The fraction of sp³-hybridized carbons (Fsp3) is 1.00. The molecule has 0 rings (SSSR count). The normalized spacial score (nSPS) is 11.9. The summed E-state index contributed by atoms with van der Waals surface area (Å²) < 4.78 is 107. The van der Waals surface area contributed by atoms with E-state index in [1.807, 2.05) is 27.7 Å². The predicted octanol–water partition coefficient (Wildman–Crippen LogP) is 4.89. The van der Waals surface area contributed by atoms with Crippen molar-refractivity contribution in [3.8, 4) is 0 Å². The Kier molecular flexibility index (Phi) is 122. The van der Waals surface area contributed by atoms with Gasteiger partial charge in [-0.3, -0.25) is 0 Å². The van der Waals surface area contributed by atoms with Crippen molar-refractivity contribution in [3.63, 3.8) is 0 Å². The number of hydrogen-bond acceptors (Lipinski definition) is 34. The van der Waals surface area contributed by atoms with Gasteiger partial charge >= 0.3 is 52.6 Å². The van der Waals surface area contributed by atoms with Gasteiger partial charge < -0.3 is 166 Å². The van der Waals surface area contributed by atoms with Crippen molar-refractivity contribution >= 4 is 77.5 Å². The molecule has 34 nitrogen and oxygen atoms in total. The minimum atomic E-state index is -2.40. The highest BCUT2D eigenvalue weighted by atomic mass is 28.4. The molecule has 0 aliphatic rings. The third-order valence-electron chi connectivity index (χ3n) is 15.5. The minimum absolute atomic E-state index is 0.636. The molecule has 23 N–H and O–H groups in total. The summed E-state index contributed by atoms with van der Waals surface area (Å²) in [6.45, 7) is 35.8. The Morgan fingerprint density at radius 1 is 0.213 bits per heavy atom. The highest BCUT2D eigenvalue weighted by molar-refractivity contribution is 6.72. The standard InChI is InChI=1S/C9H23NO3Si.2C8H22N2O3Si.C7H19NO2Si.2C6H17NO3Si.3C6H17NOSi.3CH4O/c1-4-11-14(12-5-2,13-6-3)9-7-8-10;2*1-11-14(12-2,13-3)8-4-6-10-7-5-9;1-4-10-11(3,9-2)7-5-6-8;2*1-8-11(9-2,10-3)6-4-5-7;3*1-8-9(2,3)6-4-5-7;3*1-2/h4-10H2,1-3H3;2*10H,4-9H2,1-3H3;4-8H2,1-3H3;2*4-7H2,1-3H3;3*4-7H2,1-3H3;3*2H,1H3. The maximum Gasteiger partial charge on any atom is 0.500 e. The average molecular weight is 1740 g/mol. The van der Waals surface area contributed by atoms with E-state index in [0.717, 1.165) is 174 Å². The molecule has 0 fully saturated rings. The molecule has 0 spiro atoms. The van der Waals surface area contributed by atoms with Crippen LogP contribution in [0.15, 0.2) is 0 Å². The Morgan fingerprint density at radius 2 is 0.398 bits per heavy atom. The molecule has 1 atom stereocenters. The van der Waals surface area contributed by atoms with Crippen LogP contribution < -0.4 is 62.2 Å². The highest BCUT2D eigenvalue weighted by Gasteiger charge is 2.41. The van der Waals surface area contributed by atoms with E-state index < -0.39 is 77.5 Å². The van der Waals surface area contributed by atoms with Gasteiger partial charge in [0.2, 0.25) is 0 Å². The second-order valence-electron chi connectivity index (χ2n) is 24.4. The fourth-order valence-electron chi connectivity index (χ4n) is 8.35. The summed E-state index contributed by atoms with van der Waals surface area (Å²) >= 11 is 0. The summed E-state index contributed by atoms with van der Waals surface area (Å²) in [4.78, 5) is 0. The Morgan fingerprint density at radius 3 is 0.565 bits per heavy atom. The number of nitrogens with two attached hydrogens (primary N) is 9. The highest BCUT2D eigenvalue weighted by Crippen LogP contribution is 2.20. The lowest BCUT2D eigenvalue weighted by Gasteiger charge is -2.28. The van der Waals surface area contributed by atoms with E-state index in [1.165, 1.54) is 18.1 Å². The molecule has 108 heavy (non-hydrogen) atoms. The smallest absolute Gasteiger partial charge is 0.420 e. The first-order valence-corrected chi connectivity index (χ1v) is 59.2. The minimum Gasteiger partial charge on any atom is -0.420 e. The molecule has 672 valence electrons. The summed E-state index contributed by atoms with van der Waals surface area (Å²) in [7, 11) is 12.1.